The summed E-state index contributed by atoms with van der Waals surface area (Å²) in [5.74, 6) is 0.453. The molecule has 0 radical (unpaired) electrons. The van der Waals surface area contributed by atoms with E-state index in [1.165, 1.54) is 4.90 Å². The van der Waals surface area contributed by atoms with Gasteiger partial charge in [0.1, 0.15) is 11.5 Å². The number of nitrogens with zero attached hydrogens (tertiary/aromatic N) is 2. The van der Waals surface area contributed by atoms with Crippen LogP contribution >= 0.6 is 0 Å². The van der Waals surface area contributed by atoms with Gasteiger partial charge >= 0.3 is 0 Å². The quantitative estimate of drug-likeness (QED) is 0.783. The summed E-state index contributed by atoms with van der Waals surface area (Å²) < 4.78 is 0. The molecule has 1 heterocycles. The van der Waals surface area contributed by atoms with Crippen molar-refractivity contribution in [2.45, 2.75) is 13.0 Å². The molecule has 0 saturated heterocycles. The predicted octanol–water partition coefficient (Wildman–Crippen LogP) is 0.576. The second kappa shape index (κ2) is 5.46. The molecule has 0 aliphatic heterocycles. The fourth-order valence-electron chi connectivity index (χ4n) is 1.20. The van der Waals surface area contributed by atoms with E-state index in [2.05, 4.69) is 10.3 Å². The lowest BCUT2D eigenvalue weighted by Gasteiger charge is -2.22. The maximum atomic E-state index is 11.9. The van der Waals surface area contributed by atoms with Crippen LogP contribution in [0.15, 0.2) is 18.2 Å². The summed E-state index contributed by atoms with van der Waals surface area (Å²) in [7, 11) is 3.40. The van der Waals surface area contributed by atoms with E-state index >= 15 is 0 Å². The summed E-state index contributed by atoms with van der Waals surface area (Å²) in [5.41, 5.74) is 0.370. The molecule has 0 aromatic carbocycles. The zero-order valence-electron chi connectivity index (χ0n) is 9.77. The van der Waals surface area contributed by atoms with Gasteiger partial charge in [-0.2, -0.15) is 0 Å². The van der Waals surface area contributed by atoms with Crippen LogP contribution in [0.2, 0.25) is 0 Å². The van der Waals surface area contributed by atoms with Crippen molar-refractivity contribution in [3.05, 3.63) is 23.9 Å². The number of nitrogens with one attached hydrogen (secondary N) is 1. The van der Waals surface area contributed by atoms with E-state index in [1.807, 2.05) is 0 Å². The monoisotopic (exact) mass is 223 g/mol. The molecule has 1 aromatic rings. The first-order valence-corrected chi connectivity index (χ1v) is 5.13. The highest BCUT2D eigenvalue weighted by atomic mass is 16.3. The molecule has 88 valence electrons. The van der Waals surface area contributed by atoms with Gasteiger partial charge in [0.25, 0.3) is 5.91 Å². The van der Waals surface area contributed by atoms with Crippen molar-refractivity contribution in [3.8, 4) is 0 Å². The predicted molar refractivity (Wildman–Crippen MR) is 62.4 cm³/mol. The molecule has 5 heteroatoms. The highest BCUT2D eigenvalue weighted by Crippen LogP contribution is 2.07. The van der Waals surface area contributed by atoms with Crippen LogP contribution in [0.25, 0.3) is 0 Å². The molecule has 16 heavy (non-hydrogen) atoms. The van der Waals surface area contributed by atoms with Gasteiger partial charge in [-0.05, 0) is 19.1 Å². The second-order valence-electron chi connectivity index (χ2n) is 3.61. The van der Waals surface area contributed by atoms with Gasteiger partial charge in [0.05, 0.1) is 12.6 Å². The molecule has 1 amide bonds. The van der Waals surface area contributed by atoms with E-state index in [-0.39, 0.29) is 18.6 Å². The molecule has 0 aliphatic rings. The SMILES string of the molecule is CNc1cccc(C(=O)N(C)C(C)CO)n1. The first-order valence-electron chi connectivity index (χ1n) is 5.13. The van der Waals surface area contributed by atoms with Crippen LogP contribution in [-0.4, -0.2) is 47.6 Å². The molecule has 2 N–H and O–H groups in total. The summed E-state index contributed by atoms with van der Waals surface area (Å²) >= 11 is 0. The Morgan fingerprint density at radius 1 is 1.62 bits per heavy atom. The van der Waals surface area contributed by atoms with Crippen molar-refractivity contribution < 1.29 is 9.90 Å². The molecular formula is C11H17N3O2. The Balaban J connectivity index is 2.87. The molecule has 1 aromatic heterocycles. The molecule has 1 unspecified atom stereocenters. The van der Waals surface area contributed by atoms with Crippen molar-refractivity contribution in [3.63, 3.8) is 0 Å². The van der Waals surface area contributed by atoms with Gasteiger partial charge in [0.15, 0.2) is 0 Å². The minimum Gasteiger partial charge on any atom is -0.394 e. The number of aliphatic hydroxyl groups excluding tert-OH is 1. The summed E-state index contributed by atoms with van der Waals surface area (Å²) in [6.45, 7) is 1.72. The van der Waals surface area contributed by atoms with E-state index < -0.39 is 0 Å². The number of amides is 1. The fourth-order valence-corrected chi connectivity index (χ4v) is 1.20. The van der Waals surface area contributed by atoms with Gasteiger partial charge in [0, 0.05) is 14.1 Å². The third-order valence-corrected chi connectivity index (χ3v) is 2.47. The zero-order chi connectivity index (χ0) is 12.1. The van der Waals surface area contributed by atoms with Crippen LogP contribution in [0.4, 0.5) is 5.82 Å². The third-order valence-electron chi connectivity index (χ3n) is 2.47. The van der Waals surface area contributed by atoms with E-state index in [0.717, 1.165) is 0 Å². The van der Waals surface area contributed by atoms with E-state index in [0.29, 0.717) is 11.5 Å². The number of anilines is 1. The van der Waals surface area contributed by atoms with Crippen molar-refractivity contribution >= 4 is 11.7 Å². The molecule has 0 spiro atoms. The Kier molecular flexibility index (Phi) is 4.25. The minimum absolute atomic E-state index is 0.0615. The van der Waals surface area contributed by atoms with Gasteiger partial charge < -0.3 is 15.3 Å². The fraction of sp³-hybridized carbons (Fsp3) is 0.455. The van der Waals surface area contributed by atoms with Gasteiger partial charge in [0.2, 0.25) is 0 Å². The number of aliphatic hydroxyl groups is 1. The lowest BCUT2D eigenvalue weighted by molar-refractivity contribution is 0.0676. The van der Waals surface area contributed by atoms with E-state index in [4.69, 9.17) is 5.11 Å². The number of likely N-dealkylation sites (N-methyl/N-ethyl adjacent to an activating group) is 1. The van der Waals surface area contributed by atoms with Crippen molar-refractivity contribution in [1.29, 1.82) is 0 Å². The summed E-state index contributed by atoms with van der Waals surface area (Å²) in [4.78, 5) is 17.6. The number of hydrogen-bond acceptors (Lipinski definition) is 4. The average Bonchev–Trinajstić information content (AvgIpc) is 2.36. The maximum Gasteiger partial charge on any atom is 0.272 e. The van der Waals surface area contributed by atoms with Gasteiger partial charge in [-0.15, -0.1) is 0 Å². The Bertz CT molecular complexity index is 368. The van der Waals surface area contributed by atoms with Gasteiger partial charge in [-0.25, -0.2) is 4.98 Å². The summed E-state index contributed by atoms with van der Waals surface area (Å²) in [6.07, 6.45) is 0. The standard InChI is InChI=1S/C11H17N3O2/c1-8(7-15)14(3)11(16)9-5-4-6-10(12-2)13-9/h4-6,8,15H,7H2,1-3H3,(H,12,13). The van der Waals surface area contributed by atoms with Crippen molar-refractivity contribution in [2.75, 3.05) is 26.0 Å². The summed E-state index contributed by atoms with van der Waals surface area (Å²) in [6, 6.07) is 4.99. The van der Waals surface area contributed by atoms with Crippen LogP contribution in [-0.2, 0) is 0 Å². The molecule has 1 atom stereocenters. The molecule has 0 aliphatic carbocycles. The largest absolute Gasteiger partial charge is 0.394 e. The first-order chi connectivity index (χ1) is 7.60. The van der Waals surface area contributed by atoms with Crippen LogP contribution in [0.3, 0.4) is 0 Å². The highest BCUT2D eigenvalue weighted by molar-refractivity contribution is 5.92. The smallest absolute Gasteiger partial charge is 0.272 e. The number of carbonyl (C=O) groups excluding carboxylic acids is 1. The third kappa shape index (κ3) is 2.70. The van der Waals surface area contributed by atoms with Crippen molar-refractivity contribution in [2.24, 2.45) is 0 Å². The Morgan fingerprint density at radius 2 is 2.31 bits per heavy atom. The number of aromatic nitrogens is 1. The Morgan fingerprint density at radius 3 is 2.88 bits per heavy atom. The normalized spacial score (nSPS) is 12.0. The van der Waals surface area contributed by atoms with E-state index in [9.17, 15) is 4.79 Å². The molecule has 0 saturated carbocycles. The number of carbonyl (C=O) groups is 1. The van der Waals surface area contributed by atoms with Crippen LogP contribution < -0.4 is 5.32 Å². The van der Waals surface area contributed by atoms with Crippen molar-refractivity contribution in [1.82, 2.24) is 9.88 Å². The highest BCUT2D eigenvalue weighted by Gasteiger charge is 2.17. The number of hydrogen-bond donors (Lipinski definition) is 2. The van der Waals surface area contributed by atoms with Gasteiger partial charge in [-0.3, -0.25) is 4.79 Å². The van der Waals surface area contributed by atoms with Crippen LogP contribution in [0, 0.1) is 0 Å². The van der Waals surface area contributed by atoms with Crippen LogP contribution in [0.1, 0.15) is 17.4 Å². The Hall–Kier alpha value is -1.62. The van der Waals surface area contributed by atoms with E-state index in [1.54, 1.807) is 39.2 Å². The molecule has 5 nitrogen and oxygen atoms in total. The van der Waals surface area contributed by atoms with Gasteiger partial charge in [-0.1, -0.05) is 6.07 Å². The number of pyridine rings is 1. The zero-order valence-corrected chi connectivity index (χ0v) is 9.77. The number of rotatable bonds is 4. The molecule has 0 bridgehead atoms. The minimum atomic E-state index is -0.215. The lowest BCUT2D eigenvalue weighted by Crippen LogP contribution is -2.37. The topological polar surface area (TPSA) is 65.5 Å². The average molecular weight is 223 g/mol. The molecule has 0 fully saturated rings. The summed E-state index contributed by atoms with van der Waals surface area (Å²) in [5, 5.41) is 11.8. The molecular weight excluding hydrogens is 206 g/mol. The first kappa shape index (κ1) is 12.4. The lowest BCUT2D eigenvalue weighted by atomic mass is 10.2. The maximum absolute atomic E-state index is 11.9. The Labute approximate surface area is 95.1 Å². The van der Waals surface area contributed by atoms with Crippen LogP contribution in [0.5, 0.6) is 0 Å². The second-order valence-corrected chi connectivity index (χ2v) is 3.61. The molecule has 1 rings (SSSR count).